The van der Waals surface area contributed by atoms with Gasteiger partial charge in [-0.1, -0.05) is 42.3 Å². The van der Waals surface area contributed by atoms with Crippen molar-refractivity contribution in [3.05, 3.63) is 87.1 Å². The van der Waals surface area contributed by atoms with E-state index in [4.69, 9.17) is 11.6 Å². The van der Waals surface area contributed by atoms with Crippen LogP contribution in [0.4, 0.5) is 10.2 Å². The number of anilines is 1. The number of rotatable bonds is 5. The molecule has 0 bridgehead atoms. The van der Waals surface area contributed by atoms with Gasteiger partial charge in [-0.2, -0.15) is 0 Å². The van der Waals surface area contributed by atoms with Crippen LogP contribution in [0.3, 0.4) is 0 Å². The summed E-state index contributed by atoms with van der Waals surface area (Å²) in [6.45, 7) is 5.96. The zero-order valence-electron chi connectivity index (χ0n) is 18.9. The van der Waals surface area contributed by atoms with E-state index in [1.807, 2.05) is 45.0 Å². The molecule has 0 saturated heterocycles. The van der Waals surface area contributed by atoms with Gasteiger partial charge in [-0.25, -0.2) is 19.3 Å². The van der Waals surface area contributed by atoms with Gasteiger partial charge in [0, 0.05) is 5.69 Å². The highest BCUT2D eigenvalue weighted by atomic mass is 35.5. The van der Waals surface area contributed by atoms with Gasteiger partial charge in [-0.05, 0) is 49.4 Å². The lowest BCUT2D eigenvalue weighted by atomic mass is 10.0. The third-order valence-corrected chi connectivity index (χ3v) is 6.37. The molecule has 0 aliphatic carbocycles. The van der Waals surface area contributed by atoms with Crippen molar-refractivity contribution in [1.82, 2.24) is 24.5 Å². The van der Waals surface area contributed by atoms with Gasteiger partial charge in [0.2, 0.25) is 0 Å². The number of nitrogens with zero attached hydrogens (tertiary/aromatic N) is 4. The molecule has 0 amide bonds. The second-order valence-electron chi connectivity index (χ2n) is 8.25. The molecule has 172 valence electrons. The first-order valence-electron chi connectivity index (χ1n) is 10.9. The molecular formula is C25H22ClFN6O. The summed E-state index contributed by atoms with van der Waals surface area (Å²) in [7, 11) is 0. The van der Waals surface area contributed by atoms with Crippen molar-refractivity contribution in [2.75, 3.05) is 5.32 Å². The van der Waals surface area contributed by atoms with Crippen LogP contribution in [-0.2, 0) is 0 Å². The van der Waals surface area contributed by atoms with Crippen LogP contribution in [0.25, 0.3) is 27.6 Å². The third-order valence-electron chi connectivity index (χ3n) is 6.00. The number of imidazole rings is 1. The first-order chi connectivity index (χ1) is 16.4. The predicted molar refractivity (Wildman–Crippen MR) is 132 cm³/mol. The number of aryl methyl sites for hydroxylation is 2. The van der Waals surface area contributed by atoms with E-state index in [0.29, 0.717) is 40.2 Å². The maximum atomic E-state index is 14.3. The van der Waals surface area contributed by atoms with Crippen LogP contribution in [0.1, 0.15) is 36.2 Å². The van der Waals surface area contributed by atoms with Crippen molar-refractivity contribution in [1.29, 1.82) is 0 Å². The molecule has 0 aliphatic rings. The molecule has 5 aromatic rings. The Labute approximate surface area is 199 Å². The molecule has 1 atom stereocenters. The lowest BCUT2D eigenvalue weighted by Gasteiger charge is -2.24. The smallest absolute Gasteiger partial charge is 0.264 e. The second-order valence-corrected chi connectivity index (χ2v) is 8.63. The summed E-state index contributed by atoms with van der Waals surface area (Å²) in [6, 6.07) is 10.3. The summed E-state index contributed by atoms with van der Waals surface area (Å²) in [5, 5.41) is 3.99. The Balaban J connectivity index is 1.78. The lowest BCUT2D eigenvalue weighted by molar-refractivity contribution is 0.629. The van der Waals surface area contributed by atoms with E-state index in [1.165, 1.54) is 12.4 Å². The van der Waals surface area contributed by atoms with Crippen LogP contribution >= 0.6 is 11.6 Å². The van der Waals surface area contributed by atoms with Crippen LogP contribution in [0.5, 0.6) is 0 Å². The number of hydrogen-bond donors (Lipinski definition) is 2. The van der Waals surface area contributed by atoms with Gasteiger partial charge >= 0.3 is 0 Å². The molecule has 2 aromatic carbocycles. The van der Waals surface area contributed by atoms with Crippen molar-refractivity contribution >= 4 is 39.4 Å². The average Bonchev–Trinajstić information content (AvgIpc) is 3.30. The van der Waals surface area contributed by atoms with Gasteiger partial charge in [-0.3, -0.25) is 9.36 Å². The molecular weight excluding hydrogens is 455 g/mol. The Hall–Kier alpha value is -3.78. The number of halogens is 2. The van der Waals surface area contributed by atoms with Crippen molar-refractivity contribution in [2.45, 2.75) is 33.2 Å². The number of hydrogen-bond acceptors (Lipinski definition) is 5. The number of fused-ring (bicyclic) bond motifs is 2. The van der Waals surface area contributed by atoms with Gasteiger partial charge in [0.1, 0.15) is 17.7 Å². The Morgan fingerprint density at radius 3 is 2.74 bits per heavy atom. The zero-order chi connectivity index (χ0) is 24.0. The van der Waals surface area contributed by atoms with E-state index in [9.17, 15) is 9.18 Å². The van der Waals surface area contributed by atoms with Gasteiger partial charge in [0.15, 0.2) is 11.5 Å². The quantitative estimate of drug-likeness (QED) is 0.343. The number of H-pyrrole nitrogens is 1. The lowest BCUT2D eigenvalue weighted by Crippen LogP contribution is -2.27. The van der Waals surface area contributed by atoms with E-state index < -0.39 is 5.82 Å². The molecule has 3 heterocycles. The number of benzene rings is 2. The first-order valence-corrected chi connectivity index (χ1v) is 11.3. The molecule has 5 rings (SSSR count). The molecule has 0 unspecified atom stereocenters. The number of aromatic nitrogens is 5. The van der Waals surface area contributed by atoms with Crippen LogP contribution in [0, 0.1) is 19.7 Å². The number of aromatic amines is 1. The minimum absolute atomic E-state index is 0.151. The van der Waals surface area contributed by atoms with Crippen LogP contribution in [0.15, 0.2) is 53.8 Å². The Kier molecular flexibility index (Phi) is 5.53. The molecule has 7 nitrogen and oxygen atoms in total. The third kappa shape index (κ3) is 3.60. The first kappa shape index (κ1) is 22.0. The molecule has 0 radical (unpaired) electrons. The summed E-state index contributed by atoms with van der Waals surface area (Å²) >= 11 is 6.27. The monoisotopic (exact) mass is 476 g/mol. The maximum Gasteiger partial charge on any atom is 0.264 e. The van der Waals surface area contributed by atoms with Crippen molar-refractivity contribution in [3.63, 3.8) is 0 Å². The van der Waals surface area contributed by atoms with Gasteiger partial charge in [0.05, 0.1) is 28.5 Å². The highest BCUT2D eigenvalue weighted by molar-refractivity contribution is 6.35. The van der Waals surface area contributed by atoms with Gasteiger partial charge in [-0.15, -0.1) is 0 Å². The SMILES string of the molecule is CC[C@H](Nc1ncnc2nc[nH]c12)c1cc2ccc(F)c(Cl)c2c(=O)n1-c1ccc(C)cc1C. The van der Waals surface area contributed by atoms with Gasteiger partial charge in [0.25, 0.3) is 5.56 Å². The normalized spacial score (nSPS) is 12.4. The van der Waals surface area contributed by atoms with Crippen LogP contribution in [-0.4, -0.2) is 24.5 Å². The highest BCUT2D eigenvalue weighted by Gasteiger charge is 2.22. The number of pyridine rings is 1. The second kappa shape index (κ2) is 8.53. The summed E-state index contributed by atoms with van der Waals surface area (Å²) in [6.07, 6.45) is 3.65. The zero-order valence-corrected chi connectivity index (χ0v) is 19.6. The standard InChI is InChI=1S/C25H22ClFN6O/c1-4-17(32-24-22-23(29-11-28-22)30-12-31-24)19-10-15-6-7-16(27)21(26)20(15)25(34)33(19)18-8-5-13(2)9-14(18)3/h5-12,17H,4H2,1-3H3,(H2,28,29,30,31,32)/t17-/m0/s1. The summed E-state index contributed by atoms with van der Waals surface area (Å²) < 4.78 is 15.9. The van der Waals surface area contributed by atoms with Crippen LogP contribution in [0.2, 0.25) is 5.02 Å². The molecule has 3 aromatic heterocycles. The molecule has 0 aliphatic heterocycles. The fraction of sp³-hybridized carbons (Fsp3) is 0.200. The summed E-state index contributed by atoms with van der Waals surface area (Å²) in [4.78, 5) is 29.6. The molecule has 9 heteroatoms. The van der Waals surface area contributed by atoms with E-state index in [-0.39, 0.29) is 22.0 Å². The molecule has 0 fully saturated rings. The van der Waals surface area contributed by atoms with Crippen molar-refractivity contribution in [3.8, 4) is 5.69 Å². The Morgan fingerprint density at radius 2 is 1.97 bits per heavy atom. The molecule has 0 spiro atoms. The van der Waals surface area contributed by atoms with E-state index >= 15 is 0 Å². The topological polar surface area (TPSA) is 88.5 Å². The Bertz CT molecular complexity index is 1610. The van der Waals surface area contributed by atoms with Crippen molar-refractivity contribution in [2.24, 2.45) is 0 Å². The minimum Gasteiger partial charge on any atom is -0.360 e. The molecule has 2 N–H and O–H groups in total. The maximum absolute atomic E-state index is 14.3. The summed E-state index contributed by atoms with van der Waals surface area (Å²) in [5.74, 6) is -0.0507. The number of nitrogens with one attached hydrogen (secondary N) is 2. The van der Waals surface area contributed by atoms with Crippen LogP contribution < -0.4 is 10.9 Å². The predicted octanol–water partition coefficient (Wildman–Crippen LogP) is 5.63. The largest absolute Gasteiger partial charge is 0.360 e. The molecule has 0 saturated carbocycles. The van der Waals surface area contributed by atoms with E-state index in [0.717, 1.165) is 11.1 Å². The Morgan fingerprint density at radius 1 is 1.15 bits per heavy atom. The van der Waals surface area contributed by atoms with Crippen molar-refractivity contribution < 1.29 is 4.39 Å². The fourth-order valence-electron chi connectivity index (χ4n) is 4.34. The highest BCUT2D eigenvalue weighted by Crippen LogP contribution is 2.31. The van der Waals surface area contributed by atoms with E-state index in [2.05, 4.69) is 25.3 Å². The fourth-order valence-corrected chi connectivity index (χ4v) is 4.59. The average molecular weight is 477 g/mol. The summed E-state index contributed by atoms with van der Waals surface area (Å²) in [5.41, 5.74) is 4.26. The van der Waals surface area contributed by atoms with E-state index in [1.54, 1.807) is 17.0 Å². The van der Waals surface area contributed by atoms with Gasteiger partial charge < -0.3 is 10.3 Å². The minimum atomic E-state index is -0.626. The molecule has 34 heavy (non-hydrogen) atoms.